The van der Waals surface area contributed by atoms with E-state index >= 15 is 0 Å². The standard InChI is InChI=1S/C11H18/c1-4-10-8-6-7-9(3)11(10)5-2/h7H,4-6,8H2,1-3H3. The van der Waals surface area contributed by atoms with Crippen molar-refractivity contribution in [3.8, 4) is 0 Å². The molecule has 0 aromatic carbocycles. The van der Waals surface area contributed by atoms with Crippen LogP contribution < -0.4 is 0 Å². The molecule has 0 saturated carbocycles. The number of allylic oxidation sites excluding steroid dienone is 4. The molecule has 0 aromatic heterocycles. The van der Waals surface area contributed by atoms with Crippen molar-refractivity contribution in [3.05, 3.63) is 22.8 Å². The summed E-state index contributed by atoms with van der Waals surface area (Å²) in [6.07, 6.45) is 7.40. The first kappa shape index (κ1) is 8.58. The van der Waals surface area contributed by atoms with Crippen LogP contribution in [0.15, 0.2) is 22.8 Å². The topological polar surface area (TPSA) is 0 Å². The third-order valence-corrected chi connectivity index (χ3v) is 2.58. The zero-order chi connectivity index (χ0) is 8.27. The summed E-state index contributed by atoms with van der Waals surface area (Å²) in [6.45, 7) is 6.77. The molecular formula is C11H18. The van der Waals surface area contributed by atoms with E-state index in [4.69, 9.17) is 0 Å². The Bertz CT molecular complexity index is 194. The van der Waals surface area contributed by atoms with Gasteiger partial charge >= 0.3 is 0 Å². The summed E-state index contributed by atoms with van der Waals surface area (Å²) in [7, 11) is 0. The van der Waals surface area contributed by atoms with Crippen LogP contribution in [0.1, 0.15) is 46.5 Å². The summed E-state index contributed by atoms with van der Waals surface area (Å²) < 4.78 is 0. The molecule has 0 N–H and O–H groups in total. The Morgan fingerprint density at radius 2 is 2.00 bits per heavy atom. The third kappa shape index (κ3) is 1.74. The molecule has 1 rings (SSSR count). The lowest BCUT2D eigenvalue weighted by molar-refractivity contribution is 0.837. The maximum absolute atomic E-state index is 2.37. The summed E-state index contributed by atoms with van der Waals surface area (Å²) in [5.74, 6) is 0. The Kier molecular flexibility index (Phi) is 2.92. The van der Waals surface area contributed by atoms with E-state index in [0.717, 1.165) is 0 Å². The van der Waals surface area contributed by atoms with E-state index in [0.29, 0.717) is 0 Å². The van der Waals surface area contributed by atoms with E-state index in [9.17, 15) is 0 Å². The quantitative estimate of drug-likeness (QED) is 0.561. The molecule has 0 fully saturated rings. The highest BCUT2D eigenvalue weighted by Crippen LogP contribution is 2.28. The molecule has 0 saturated heterocycles. The van der Waals surface area contributed by atoms with Gasteiger partial charge in [0.05, 0.1) is 0 Å². The summed E-state index contributed by atoms with van der Waals surface area (Å²) in [5.41, 5.74) is 4.84. The van der Waals surface area contributed by atoms with Crippen molar-refractivity contribution in [2.24, 2.45) is 0 Å². The van der Waals surface area contributed by atoms with Gasteiger partial charge in [-0.05, 0) is 38.2 Å². The molecule has 0 nitrogen and oxygen atoms in total. The van der Waals surface area contributed by atoms with Gasteiger partial charge < -0.3 is 0 Å². The van der Waals surface area contributed by atoms with Gasteiger partial charge in [0, 0.05) is 0 Å². The lowest BCUT2D eigenvalue weighted by atomic mass is 9.89. The minimum absolute atomic E-state index is 1.21. The predicted molar refractivity (Wildman–Crippen MR) is 50.6 cm³/mol. The fourth-order valence-electron chi connectivity index (χ4n) is 1.93. The summed E-state index contributed by atoms with van der Waals surface area (Å²) >= 11 is 0. The van der Waals surface area contributed by atoms with Crippen molar-refractivity contribution in [2.45, 2.75) is 46.5 Å². The maximum atomic E-state index is 2.37. The Morgan fingerprint density at radius 1 is 1.27 bits per heavy atom. The van der Waals surface area contributed by atoms with E-state index in [1.54, 1.807) is 11.1 Å². The van der Waals surface area contributed by atoms with Crippen LogP contribution in [0, 0.1) is 0 Å². The molecule has 1 aliphatic rings. The van der Waals surface area contributed by atoms with Gasteiger partial charge in [-0.15, -0.1) is 0 Å². The van der Waals surface area contributed by atoms with Crippen molar-refractivity contribution >= 4 is 0 Å². The van der Waals surface area contributed by atoms with Gasteiger partial charge in [-0.2, -0.15) is 0 Å². The van der Waals surface area contributed by atoms with Gasteiger partial charge in [0.25, 0.3) is 0 Å². The van der Waals surface area contributed by atoms with Crippen LogP contribution in [-0.2, 0) is 0 Å². The maximum Gasteiger partial charge on any atom is -0.0280 e. The van der Waals surface area contributed by atoms with Crippen molar-refractivity contribution < 1.29 is 0 Å². The minimum atomic E-state index is 1.21. The molecule has 62 valence electrons. The number of hydrogen-bond acceptors (Lipinski definition) is 0. The molecule has 0 heteroatoms. The molecule has 0 radical (unpaired) electrons. The highest BCUT2D eigenvalue weighted by atomic mass is 14.1. The zero-order valence-corrected chi connectivity index (χ0v) is 7.91. The van der Waals surface area contributed by atoms with Gasteiger partial charge in [0.15, 0.2) is 0 Å². The van der Waals surface area contributed by atoms with Crippen LogP contribution in [0.25, 0.3) is 0 Å². The molecular weight excluding hydrogens is 132 g/mol. The first-order valence-electron chi connectivity index (χ1n) is 4.67. The Hall–Kier alpha value is -0.520. The SMILES string of the molecule is CCC1=C(CC)C(C)=CCC1. The molecule has 0 atom stereocenters. The van der Waals surface area contributed by atoms with Crippen LogP contribution in [0.5, 0.6) is 0 Å². The third-order valence-electron chi connectivity index (χ3n) is 2.58. The Morgan fingerprint density at radius 3 is 2.45 bits per heavy atom. The first-order chi connectivity index (χ1) is 5.29. The number of rotatable bonds is 2. The first-order valence-corrected chi connectivity index (χ1v) is 4.67. The van der Waals surface area contributed by atoms with Gasteiger partial charge in [-0.3, -0.25) is 0 Å². The lowest BCUT2D eigenvalue weighted by Gasteiger charge is -2.17. The Labute approximate surface area is 70.0 Å². The molecule has 11 heavy (non-hydrogen) atoms. The van der Waals surface area contributed by atoms with Crippen LogP contribution in [0.4, 0.5) is 0 Å². The predicted octanol–water partition coefficient (Wildman–Crippen LogP) is 3.84. The van der Waals surface area contributed by atoms with Crippen molar-refractivity contribution in [3.63, 3.8) is 0 Å². The van der Waals surface area contributed by atoms with E-state index in [1.165, 1.54) is 31.3 Å². The zero-order valence-electron chi connectivity index (χ0n) is 7.91. The van der Waals surface area contributed by atoms with E-state index in [-0.39, 0.29) is 0 Å². The van der Waals surface area contributed by atoms with Gasteiger partial charge in [0.2, 0.25) is 0 Å². The summed E-state index contributed by atoms with van der Waals surface area (Å²) in [5, 5.41) is 0. The van der Waals surface area contributed by atoms with Crippen molar-refractivity contribution in [1.82, 2.24) is 0 Å². The monoisotopic (exact) mass is 150 g/mol. The molecule has 1 aliphatic carbocycles. The van der Waals surface area contributed by atoms with Gasteiger partial charge in [-0.25, -0.2) is 0 Å². The van der Waals surface area contributed by atoms with E-state index < -0.39 is 0 Å². The molecule has 0 bridgehead atoms. The normalized spacial score (nSPS) is 18.6. The number of hydrogen-bond donors (Lipinski definition) is 0. The summed E-state index contributed by atoms with van der Waals surface area (Å²) in [4.78, 5) is 0. The average Bonchev–Trinajstić information content (AvgIpc) is 2.04. The van der Waals surface area contributed by atoms with Crippen molar-refractivity contribution in [1.29, 1.82) is 0 Å². The van der Waals surface area contributed by atoms with Crippen LogP contribution in [0.3, 0.4) is 0 Å². The lowest BCUT2D eigenvalue weighted by Crippen LogP contribution is -1.97. The second kappa shape index (κ2) is 3.75. The van der Waals surface area contributed by atoms with Crippen LogP contribution >= 0.6 is 0 Å². The van der Waals surface area contributed by atoms with Crippen LogP contribution in [0.2, 0.25) is 0 Å². The fraction of sp³-hybridized carbons (Fsp3) is 0.636. The summed E-state index contributed by atoms with van der Waals surface area (Å²) in [6, 6.07) is 0. The Balaban J connectivity index is 2.88. The second-order valence-corrected chi connectivity index (χ2v) is 3.22. The van der Waals surface area contributed by atoms with Crippen LogP contribution in [-0.4, -0.2) is 0 Å². The van der Waals surface area contributed by atoms with Gasteiger partial charge in [-0.1, -0.05) is 31.1 Å². The molecule has 0 unspecified atom stereocenters. The van der Waals surface area contributed by atoms with Gasteiger partial charge in [0.1, 0.15) is 0 Å². The van der Waals surface area contributed by atoms with E-state index in [2.05, 4.69) is 26.8 Å². The second-order valence-electron chi connectivity index (χ2n) is 3.22. The largest absolute Gasteiger partial charge is 0.0810 e. The molecule has 0 aromatic rings. The fourth-order valence-corrected chi connectivity index (χ4v) is 1.93. The van der Waals surface area contributed by atoms with E-state index in [1.807, 2.05) is 0 Å². The molecule has 0 amide bonds. The van der Waals surface area contributed by atoms with Crippen molar-refractivity contribution in [2.75, 3.05) is 0 Å². The average molecular weight is 150 g/mol. The smallest absolute Gasteiger partial charge is 0.0280 e. The highest BCUT2D eigenvalue weighted by molar-refractivity contribution is 5.36. The molecule has 0 aliphatic heterocycles. The molecule has 0 heterocycles. The highest BCUT2D eigenvalue weighted by Gasteiger charge is 2.08. The molecule has 0 spiro atoms. The minimum Gasteiger partial charge on any atom is -0.0810 e.